The predicted molar refractivity (Wildman–Crippen MR) is 118 cm³/mol. The van der Waals surface area contributed by atoms with Gasteiger partial charge in [-0.25, -0.2) is 0 Å². The first-order valence-electron chi connectivity index (χ1n) is 11.6. The number of piperidine rings is 1. The number of hydrogen-bond donors (Lipinski definition) is 1. The molecule has 3 fully saturated rings. The van der Waals surface area contributed by atoms with Crippen LogP contribution in [0.5, 0.6) is 0 Å². The van der Waals surface area contributed by atoms with Crippen LogP contribution in [0.25, 0.3) is 0 Å². The maximum absolute atomic E-state index is 13.0. The zero-order chi connectivity index (χ0) is 20.6. The molecule has 1 aromatic heterocycles. The molecular formula is C25H34N4O. The van der Waals surface area contributed by atoms with Crippen LogP contribution in [0, 0.1) is 11.3 Å². The van der Waals surface area contributed by atoms with Gasteiger partial charge in [-0.05, 0) is 56.2 Å². The van der Waals surface area contributed by atoms with E-state index in [2.05, 4.69) is 51.8 Å². The Bertz CT molecular complexity index is 876. The lowest BCUT2D eigenvalue weighted by molar-refractivity contribution is -0.123. The van der Waals surface area contributed by atoms with E-state index in [1.807, 2.05) is 17.9 Å². The molecule has 1 spiro atoms. The molecule has 1 N–H and O–H groups in total. The fourth-order valence-corrected chi connectivity index (χ4v) is 6.03. The number of rotatable bonds is 6. The van der Waals surface area contributed by atoms with Gasteiger partial charge in [-0.15, -0.1) is 0 Å². The van der Waals surface area contributed by atoms with Crippen molar-refractivity contribution in [2.24, 2.45) is 18.4 Å². The molecule has 2 heterocycles. The minimum atomic E-state index is 0.145. The van der Waals surface area contributed by atoms with Gasteiger partial charge in [0, 0.05) is 43.2 Å². The molecule has 160 valence electrons. The average Bonchev–Trinajstić information content (AvgIpc) is 3.07. The Balaban J connectivity index is 1.14. The van der Waals surface area contributed by atoms with Crippen LogP contribution < -0.4 is 5.32 Å². The standard InChI is InChI=1S/C25H34N4O/c1-28-17-20(16-27-28)18-29-13-11-24(12-14-29)15-22(24)23(30)26-19-25(9-5-6-10-25)21-7-3-2-4-8-21/h2-4,7-8,16-17,22H,5-6,9-15,18-19H2,1H3,(H,26,30)/t22-/m0/s1. The first-order chi connectivity index (χ1) is 14.6. The SMILES string of the molecule is Cn1cc(CN2CCC3(CC2)C[C@H]3C(=O)NCC2(c3ccccc3)CCCC2)cn1. The second-order valence-electron chi connectivity index (χ2n) is 9.99. The molecule has 2 aromatic rings. The Morgan fingerprint density at radius 3 is 2.53 bits per heavy atom. The molecule has 30 heavy (non-hydrogen) atoms. The number of benzene rings is 1. The summed E-state index contributed by atoms with van der Waals surface area (Å²) in [6.07, 6.45) is 12.4. The zero-order valence-electron chi connectivity index (χ0n) is 18.1. The lowest BCUT2D eigenvalue weighted by Crippen LogP contribution is -2.41. The van der Waals surface area contributed by atoms with Gasteiger partial charge in [0.15, 0.2) is 0 Å². The smallest absolute Gasteiger partial charge is 0.223 e. The highest BCUT2D eigenvalue weighted by Crippen LogP contribution is 2.59. The van der Waals surface area contributed by atoms with Gasteiger partial charge in [-0.2, -0.15) is 5.10 Å². The summed E-state index contributed by atoms with van der Waals surface area (Å²) in [6, 6.07) is 10.8. The Morgan fingerprint density at radius 2 is 1.87 bits per heavy atom. The molecule has 1 aromatic carbocycles. The van der Waals surface area contributed by atoms with E-state index in [9.17, 15) is 4.79 Å². The second-order valence-corrected chi connectivity index (χ2v) is 9.99. The van der Waals surface area contributed by atoms with E-state index in [0.29, 0.717) is 5.91 Å². The van der Waals surface area contributed by atoms with Crippen LogP contribution in [0.1, 0.15) is 56.1 Å². The van der Waals surface area contributed by atoms with Gasteiger partial charge < -0.3 is 5.32 Å². The van der Waals surface area contributed by atoms with Crippen molar-refractivity contribution in [1.82, 2.24) is 20.0 Å². The Labute approximate surface area is 179 Å². The summed E-state index contributed by atoms with van der Waals surface area (Å²) in [6.45, 7) is 3.95. The summed E-state index contributed by atoms with van der Waals surface area (Å²) < 4.78 is 1.87. The molecule has 2 saturated carbocycles. The Kier molecular flexibility index (Phi) is 5.18. The normalized spacial score (nSPS) is 24.8. The number of carbonyl (C=O) groups is 1. The Morgan fingerprint density at radius 1 is 1.13 bits per heavy atom. The van der Waals surface area contributed by atoms with E-state index < -0.39 is 0 Å². The lowest BCUT2D eigenvalue weighted by atomic mass is 9.78. The van der Waals surface area contributed by atoms with Crippen LogP contribution >= 0.6 is 0 Å². The van der Waals surface area contributed by atoms with Crippen molar-refractivity contribution in [3.8, 4) is 0 Å². The van der Waals surface area contributed by atoms with Gasteiger partial charge in [0.05, 0.1) is 6.20 Å². The number of aromatic nitrogens is 2. The largest absolute Gasteiger partial charge is 0.355 e. The van der Waals surface area contributed by atoms with Gasteiger partial charge in [-0.3, -0.25) is 14.4 Å². The van der Waals surface area contributed by atoms with E-state index in [1.54, 1.807) is 0 Å². The zero-order valence-corrected chi connectivity index (χ0v) is 18.1. The molecule has 1 aliphatic heterocycles. The number of nitrogens with zero attached hydrogens (tertiary/aromatic N) is 3. The molecule has 1 amide bonds. The van der Waals surface area contributed by atoms with Gasteiger partial charge >= 0.3 is 0 Å². The van der Waals surface area contributed by atoms with E-state index >= 15 is 0 Å². The fourth-order valence-electron chi connectivity index (χ4n) is 6.03. The summed E-state index contributed by atoms with van der Waals surface area (Å²) in [5.74, 6) is 0.533. The molecule has 1 atom stereocenters. The summed E-state index contributed by atoms with van der Waals surface area (Å²) >= 11 is 0. The topological polar surface area (TPSA) is 50.2 Å². The molecular weight excluding hydrogens is 372 g/mol. The van der Waals surface area contributed by atoms with Crippen LogP contribution in [-0.2, 0) is 23.8 Å². The van der Waals surface area contributed by atoms with E-state index in [1.165, 1.54) is 36.8 Å². The van der Waals surface area contributed by atoms with Crippen molar-refractivity contribution < 1.29 is 4.79 Å². The highest BCUT2D eigenvalue weighted by atomic mass is 16.2. The number of nitrogens with one attached hydrogen (secondary N) is 1. The molecule has 2 aliphatic carbocycles. The first kappa shape index (κ1) is 19.8. The molecule has 5 rings (SSSR count). The summed E-state index contributed by atoms with van der Waals surface area (Å²) in [7, 11) is 1.97. The van der Waals surface area contributed by atoms with Crippen molar-refractivity contribution in [1.29, 1.82) is 0 Å². The van der Waals surface area contributed by atoms with E-state index in [0.717, 1.165) is 45.4 Å². The molecule has 0 unspecified atom stereocenters. The first-order valence-corrected chi connectivity index (χ1v) is 11.6. The average molecular weight is 407 g/mol. The third-order valence-electron chi connectivity index (χ3n) is 8.07. The van der Waals surface area contributed by atoms with Gasteiger partial charge in [0.2, 0.25) is 5.91 Å². The van der Waals surface area contributed by atoms with Crippen molar-refractivity contribution in [3.63, 3.8) is 0 Å². The number of carbonyl (C=O) groups excluding carboxylic acids is 1. The van der Waals surface area contributed by atoms with Crippen LogP contribution in [0.4, 0.5) is 0 Å². The predicted octanol–water partition coefficient (Wildman–Crippen LogP) is 3.65. The lowest BCUT2D eigenvalue weighted by Gasteiger charge is -2.33. The van der Waals surface area contributed by atoms with Crippen LogP contribution in [0.2, 0.25) is 0 Å². The van der Waals surface area contributed by atoms with E-state index in [4.69, 9.17) is 0 Å². The third-order valence-corrected chi connectivity index (χ3v) is 8.07. The summed E-state index contributed by atoms with van der Waals surface area (Å²) in [5, 5.41) is 7.66. The highest BCUT2D eigenvalue weighted by molar-refractivity contribution is 5.82. The fraction of sp³-hybridized carbons (Fsp3) is 0.600. The van der Waals surface area contributed by atoms with Crippen LogP contribution in [0.15, 0.2) is 42.7 Å². The maximum Gasteiger partial charge on any atom is 0.223 e. The van der Waals surface area contributed by atoms with Gasteiger partial charge in [0.1, 0.15) is 0 Å². The number of hydrogen-bond acceptors (Lipinski definition) is 3. The van der Waals surface area contributed by atoms with Crippen molar-refractivity contribution >= 4 is 5.91 Å². The van der Waals surface area contributed by atoms with Gasteiger partial charge in [0.25, 0.3) is 0 Å². The van der Waals surface area contributed by atoms with Gasteiger partial charge in [-0.1, -0.05) is 43.2 Å². The molecule has 5 nitrogen and oxygen atoms in total. The monoisotopic (exact) mass is 406 g/mol. The second kappa shape index (κ2) is 7.84. The van der Waals surface area contributed by atoms with Crippen LogP contribution in [-0.4, -0.2) is 40.2 Å². The Hall–Kier alpha value is -2.14. The summed E-state index contributed by atoms with van der Waals surface area (Å²) in [5.41, 5.74) is 3.09. The molecule has 1 saturated heterocycles. The molecule has 5 heteroatoms. The highest BCUT2D eigenvalue weighted by Gasteiger charge is 2.58. The van der Waals surface area contributed by atoms with Crippen molar-refractivity contribution in [2.45, 2.75) is 56.9 Å². The number of aryl methyl sites for hydroxylation is 1. The molecule has 0 radical (unpaired) electrons. The van der Waals surface area contributed by atoms with Crippen LogP contribution in [0.3, 0.4) is 0 Å². The van der Waals surface area contributed by atoms with E-state index in [-0.39, 0.29) is 16.7 Å². The minimum Gasteiger partial charge on any atom is -0.355 e. The minimum absolute atomic E-state index is 0.145. The molecule has 0 bridgehead atoms. The third kappa shape index (κ3) is 3.80. The summed E-state index contributed by atoms with van der Waals surface area (Å²) in [4.78, 5) is 15.6. The maximum atomic E-state index is 13.0. The quantitative estimate of drug-likeness (QED) is 0.797. The van der Waals surface area contributed by atoms with Crippen molar-refractivity contribution in [3.05, 3.63) is 53.9 Å². The molecule has 3 aliphatic rings. The van der Waals surface area contributed by atoms with Crippen molar-refractivity contribution in [2.75, 3.05) is 19.6 Å². The number of amides is 1. The number of likely N-dealkylation sites (tertiary alicyclic amines) is 1.